The molecule has 1 aliphatic carbocycles. The van der Waals surface area contributed by atoms with E-state index in [1.165, 1.54) is 4.57 Å². The van der Waals surface area contributed by atoms with Gasteiger partial charge in [0.2, 0.25) is 5.91 Å². The number of fused-ring (bicyclic) bond motifs is 1. The zero-order chi connectivity index (χ0) is 14.1. The fourth-order valence-electron chi connectivity index (χ4n) is 2.39. The predicted molar refractivity (Wildman–Crippen MR) is 72.3 cm³/mol. The van der Waals surface area contributed by atoms with Crippen LogP contribution >= 0.6 is 0 Å². The lowest BCUT2D eigenvalue weighted by Gasteiger charge is -2.21. The van der Waals surface area contributed by atoms with Crippen molar-refractivity contribution in [2.75, 3.05) is 13.2 Å². The number of aliphatic hydroxyl groups is 1. The molecule has 0 atom stereocenters. The number of hydrogen-bond donors (Lipinski definition) is 1. The fraction of sp³-hybridized carbons (Fsp3) is 0.429. The standard InChI is InChI=1S/C14H16N2O4/c17-8-7-15(10-5-6-10)13(18)9-16-11-3-1-2-4-12(11)20-14(16)19/h1-4,10,17H,5-9H2. The van der Waals surface area contributed by atoms with Crippen LogP contribution in [0.25, 0.3) is 11.1 Å². The minimum Gasteiger partial charge on any atom is -0.408 e. The number of aliphatic hydroxyl groups excluding tert-OH is 1. The molecule has 1 N–H and O–H groups in total. The monoisotopic (exact) mass is 276 g/mol. The van der Waals surface area contributed by atoms with Crippen molar-refractivity contribution in [1.29, 1.82) is 0 Å². The summed E-state index contributed by atoms with van der Waals surface area (Å²) in [6, 6.07) is 7.23. The molecule has 6 heteroatoms. The van der Waals surface area contributed by atoms with Crippen molar-refractivity contribution in [3.05, 3.63) is 34.8 Å². The number of aromatic nitrogens is 1. The highest BCUT2D eigenvalue weighted by Crippen LogP contribution is 2.26. The normalized spacial score (nSPS) is 14.7. The maximum Gasteiger partial charge on any atom is 0.420 e. The van der Waals surface area contributed by atoms with Gasteiger partial charge < -0.3 is 14.4 Å². The van der Waals surface area contributed by atoms with Crippen LogP contribution < -0.4 is 5.76 Å². The summed E-state index contributed by atoms with van der Waals surface area (Å²) in [5, 5.41) is 9.03. The van der Waals surface area contributed by atoms with Gasteiger partial charge in [-0.05, 0) is 25.0 Å². The van der Waals surface area contributed by atoms with Gasteiger partial charge in [0.05, 0.1) is 12.1 Å². The first-order chi connectivity index (χ1) is 9.70. The molecule has 1 saturated carbocycles. The third kappa shape index (κ3) is 2.34. The van der Waals surface area contributed by atoms with Gasteiger partial charge in [0.1, 0.15) is 6.54 Å². The molecular formula is C14H16N2O4. The van der Waals surface area contributed by atoms with Crippen LogP contribution in [0.2, 0.25) is 0 Å². The minimum atomic E-state index is -0.528. The summed E-state index contributed by atoms with van der Waals surface area (Å²) in [6.07, 6.45) is 1.93. The molecule has 1 amide bonds. The highest BCUT2D eigenvalue weighted by atomic mass is 16.4. The van der Waals surface area contributed by atoms with Crippen molar-refractivity contribution in [2.45, 2.75) is 25.4 Å². The molecule has 1 heterocycles. The Hall–Kier alpha value is -2.08. The van der Waals surface area contributed by atoms with E-state index in [9.17, 15) is 9.59 Å². The lowest BCUT2D eigenvalue weighted by Crippen LogP contribution is -2.39. The fourth-order valence-corrected chi connectivity index (χ4v) is 2.39. The molecule has 6 nitrogen and oxygen atoms in total. The second-order valence-electron chi connectivity index (χ2n) is 4.96. The molecule has 0 saturated heterocycles. The Balaban J connectivity index is 1.86. The van der Waals surface area contributed by atoms with Gasteiger partial charge in [0, 0.05) is 12.6 Å². The number of benzene rings is 1. The quantitative estimate of drug-likeness (QED) is 0.866. The topological polar surface area (TPSA) is 75.7 Å². The van der Waals surface area contributed by atoms with Crippen LogP contribution in [0.15, 0.2) is 33.5 Å². The van der Waals surface area contributed by atoms with E-state index in [2.05, 4.69) is 0 Å². The third-order valence-electron chi connectivity index (χ3n) is 3.52. The molecule has 20 heavy (non-hydrogen) atoms. The molecule has 2 aromatic rings. The summed E-state index contributed by atoms with van der Waals surface area (Å²) in [6.45, 7) is 0.198. The average molecular weight is 276 g/mol. The van der Waals surface area contributed by atoms with E-state index in [-0.39, 0.29) is 25.1 Å². The first kappa shape index (κ1) is 12.9. The Morgan fingerprint density at radius 3 is 2.85 bits per heavy atom. The van der Waals surface area contributed by atoms with Crippen molar-refractivity contribution in [3.63, 3.8) is 0 Å². The lowest BCUT2D eigenvalue weighted by atomic mass is 10.3. The predicted octanol–water partition coefficient (Wildman–Crippen LogP) is 0.578. The molecule has 0 unspecified atom stereocenters. The molecule has 0 aliphatic heterocycles. The largest absolute Gasteiger partial charge is 0.420 e. The molecule has 1 fully saturated rings. The van der Waals surface area contributed by atoms with Crippen LogP contribution in [0.4, 0.5) is 0 Å². The number of rotatable bonds is 5. The molecule has 1 aromatic heterocycles. The first-order valence-electron chi connectivity index (χ1n) is 6.69. The third-order valence-corrected chi connectivity index (χ3v) is 3.52. The molecule has 3 rings (SSSR count). The SMILES string of the molecule is O=C(Cn1c(=O)oc2ccccc21)N(CCO)C1CC1. The van der Waals surface area contributed by atoms with Gasteiger partial charge in [-0.3, -0.25) is 9.36 Å². The Bertz CT molecular complexity index is 684. The van der Waals surface area contributed by atoms with E-state index < -0.39 is 5.76 Å². The van der Waals surface area contributed by atoms with E-state index in [4.69, 9.17) is 9.52 Å². The van der Waals surface area contributed by atoms with Crippen LogP contribution in [0.3, 0.4) is 0 Å². The zero-order valence-electron chi connectivity index (χ0n) is 11.0. The second-order valence-corrected chi connectivity index (χ2v) is 4.96. The average Bonchev–Trinajstić information content (AvgIpc) is 3.22. The summed E-state index contributed by atoms with van der Waals surface area (Å²) < 4.78 is 6.44. The van der Waals surface area contributed by atoms with E-state index in [0.29, 0.717) is 17.6 Å². The van der Waals surface area contributed by atoms with Crippen molar-refractivity contribution in [1.82, 2.24) is 9.47 Å². The van der Waals surface area contributed by atoms with Crippen molar-refractivity contribution in [3.8, 4) is 0 Å². The van der Waals surface area contributed by atoms with Gasteiger partial charge in [0.25, 0.3) is 0 Å². The molecular weight excluding hydrogens is 260 g/mol. The van der Waals surface area contributed by atoms with E-state index in [0.717, 1.165) is 12.8 Å². The second kappa shape index (κ2) is 5.13. The van der Waals surface area contributed by atoms with Crippen molar-refractivity contribution in [2.24, 2.45) is 0 Å². The number of para-hydroxylation sites is 2. The minimum absolute atomic E-state index is 0.0493. The smallest absolute Gasteiger partial charge is 0.408 e. The molecule has 0 bridgehead atoms. The van der Waals surface area contributed by atoms with Crippen LogP contribution in [0, 0.1) is 0 Å². The van der Waals surface area contributed by atoms with Crippen LogP contribution in [-0.4, -0.2) is 39.7 Å². The van der Waals surface area contributed by atoms with Crippen LogP contribution in [0.1, 0.15) is 12.8 Å². The van der Waals surface area contributed by atoms with Crippen molar-refractivity contribution >= 4 is 17.0 Å². The Kier molecular flexibility index (Phi) is 3.31. The summed E-state index contributed by atoms with van der Waals surface area (Å²) in [7, 11) is 0. The summed E-state index contributed by atoms with van der Waals surface area (Å²) in [4.78, 5) is 25.8. The van der Waals surface area contributed by atoms with Crippen LogP contribution in [-0.2, 0) is 11.3 Å². The summed E-state index contributed by atoms with van der Waals surface area (Å²) in [5.41, 5.74) is 1.09. The molecule has 1 aromatic carbocycles. The van der Waals surface area contributed by atoms with Crippen LogP contribution in [0.5, 0.6) is 0 Å². The number of nitrogens with zero attached hydrogens (tertiary/aromatic N) is 2. The van der Waals surface area contributed by atoms with Gasteiger partial charge in [-0.25, -0.2) is 4.79 Å². The number of hydrogen-bond acceptors (Lipinski definition) is 4. The maximum atomic E-state index is 12.3. The van der Waals surface area contributed by atoms with E-state index in [1.54, 1.807) is 29.2 Å². The molecule has 106 valence electrons. The lowest BCUT2D eigenvalue weighted by molar-refractivity contribution is -0.133. The Morgan fingerprint density at radius 2 is 2.15 bits per heavy atom. The van der Waals surface area contributed by atoms with Gasteiger partial charge in [-0.15, -0.1) is 0 Å². The molecule has 0 radical (unpaired) electrons. The zero-order valence-corrected chi connectivity index (χ0v) is 11.0. The first-order valence-corrected chi connectivity index (χ1v) is 6.69. The van der Waals surface area contributed by atoms with Gasteiger partial charge in [-0.1, -0.05) is 12.1 Å². The van der Waals surface area contributed by atoms with E-state index in [1.807, 2.05) is 0 Å². The summed E-state index contributed by atoms with van der Waals surface area (Å²) in [5.74, 6) is -0.686. The number of carbonyl (C=O) groups excluding carboxylic acids is 1. The van der Waals surface area contributed by atoms with E-state index >= 15 is 0 Å². The number of carbonyl (C=O) groups is 1. The maximum absolute atomic E-state index is 12.3. The van der Waals surface area contributed by atoms with Gasteiger partial charge >= 0.3 is 5.76 Å². The number of amides is 1. The van der Waals surface area contributed by atoms with Gasteiger partial charge in [0.15, 0.2) is 5.58 Å². The summed E-state index contributed by atoms with van der Waals surface area (Å²) >= 11 is 0. The molecule has 1 aliphatic rings. The van der Waals surface area contributed by atoms with Crippen molar-refractivity contribution < 1.29 is 14.3 Å². The molecule has 0 spiro atoms. The Morgan fingerprint density at radius 1 is 1.40 bits per heavy atom. The Labute approximate surface area is 115 Å². The van der Waals surface area contributed by atoms with Gasteiger partial charge in [-0.2, -0.15) is 0 Å². The number of oxazole rings is 1. The highest BCUT2D eigenvalue weighted by Gasteiger charge is 2.32. The highest BCUT2D eigenvalue weighted by molar-refractivity contribution is 5.80.